The molecular weight excluding hydrogens is 197 g/mol. The van der Waals surface area contributed by atoms with Crippen LogP contribution in [0.2, 0.25) is 6.32 Å². The average molecular weight is 215 g/mol. The van der Waals surface area contributed by atoms with Crippen molar-refractivity contribution in [2.24, 2.45) is 5.92 Å². The summed E-state index contributed by atoms with van der Waals surface area (Å²) in [6, 6.07) is -0.463. The van der Waals surface area contributed by atoms with Crippen molar-refractivity contribution in [1.82, 2.24) is 5.32 Å². The number of nitrogens with one attached hydrogen (secondary N) is 1. The molecule has 0 unspecified atom stereocenters. The Labute approximate surface area is 89.6 Å². The molecule has 0 aromatic rings. The van der Waals surface area contributed by atoms with E-state index < -0.39 is 19.1 Å². The third-order valence-electron chi connectivity index (χ3n) is 2.89. The van der Waals surface area contributed by atoms with Crippen molar-refractivity contribution in [1.29, 1.82) is 0 Å². The Morgan fingerprint density at radius 1 is 1.47 bits per heavy atom. The van der Waals surface area contributed by atoms with E-state index in [2.05, 4.69) is 5.32 Å². The molecule has 2 atom stereocenters. The van der Waals surface area contributed by atoms with Crippen molar-refractivity contribution in [2.75, 3.05) is 6.54 Å². The summed E-state index contributed by atoms with van der Waals surface area (Å²) >= 11 is 0. The largest absolute Gasteiger partial charge is 0.480 e. The van der Waals surface area contributed by atoms with E-state index in [1.54, 1.807) is 0 Å². The van der Waals surface area contributed by atoms with E-state index in [4.69, 9.17) is 15.2 Å². The van der Waals surface area contributed by atoms with Gasteiger partial charge >= 0.3 is 13.1 Å². The Hall–Kier alpha value is -0.585. The minimum absolute atomic E-state index is 0.120. The predicted octanol–water partition coefficient (Wildman–Crippen LogP) is -0.308. The van der Waals surface area contributed by atoms with E-state index in [0.29, 0.717) is 12.7 Å². The molecule has 4 N–H and O–H groups in total. The third kappa shape index (κ3) is 4.19. The summed E-state index contributed by atoms with van der Waals surface area (Å²) in [5.41, 5.74) is 0. The maximum absolute atomic E-state index is 10.9. The van der Waals surface area contributed by atoms with Crippen LogP contribution >= 0.6 is 0 Å². The molecule has 0 bridgehead atoms. The molecule has 1 fully saturated rings. The molecule has 1 saturated heterocycles. The lowest BCUT2D eigenvalue weighted by atomic mass is 9.79. The van der Waals surface area contributed by atoms with Crippen LogP contribution in [0.5, 0.6) is 0 Å². The zero-order chi connectivity index (χ0) is 11.3. The second kappa shape index (κ2) is 6.10. The van der Waals surface area contributed by atoms with Gasteiger partial charge in [0.15, 0.2) is 0 Å². The molecular formula is C9H18BNO4. The SMILES string of the molecule is O=C(O)[C@@H]1NCCC[C@H]1CCCB(O)O. The Morgan fingerprint density at radius 2 is 2.20 bits per heavy atom. The Balaban J connectivity index is 2.33. The topological polar surface area (TPSA) is 89.8 Å². The quantitative estimate of drug-likeness (QED) is 0.472. The summed E-state index contributed by atoms with van der Waals surface area (Å²) in [7, 11) is -1.27. The zero-order valence-corrected chi connectivity index (χ0v) is 8.72. The van der Waals surface area contributed by atoms with Crippen LogP contribution in [0.15, 0.2) is 0 Å². The Morgan fingerprint density at radius 3 is 2.80 bits per heavy atom. The standard InChI is InChI=1S/C9H18BNO4/c12-9(13)8-7(4-2-6-11-8)3-1-5-10(14)15/h7-8,11,14-15H,1-6H2,(H,12,13)/t7-,8-/m1/s1. The highest BCUT2D eigenvalue weighted by Gasteiger charge is 2.29. The molecule has 0 aromatic carbocycles. The normalized spacial score (nSPS) is 26.3. The van der Waals surface area contributed by atoms with Gasteiger partial charge < -0.3 is 20.5 Å². The van der Waals surface area contributed by atoms with E-state index in [-0.39, 0.29) is 5.92 Å². The monoisotopic (exact) mass is 215 g/mol. The summed E-state index contributed by atoms with van der Waals surface area (Å²) in [4.78, 5) is 10.9. The van der Waals surface area contributed by atoms with Crippen LogP contribution < -0.4 is 5.32 Å². The number of hydrogen-bond acceptors (Lipinski definition) is 4. The van der Waals surface area contributed by atoms with Crippen LogP contribution in [0.4, 0.5) is 0 Å². The lowest BCUT2D eigenvalue weighted by Gasteiger charge is -2.29. The fourth-order valence-corrected chi connectivity index (χ4v) is 2.12. The lowest BCUT2D eigenvalue weighted by molar-refractivity contribution is -0.141. The molecule has 1 rings (SSSR count). The molecule has 6 heteroatoms. The fourth-order valence-electron chi connectivity index (χ4n) is 2.12. The number of carboxylic acid groups (broad SMARTS) is 1. The Bertz CT molecular complexity index is 212. The zero-order valence-electron chi connectivity index (χ0n) is 8.72. The smallest absolute Gasteiger partial charge is 0.451 e. The molecule has 0 aromatic heterocycles. The average Bonchev–Trinajstić information content (AvgIpc) is 2.17. The highest BCUT2D eigenvalue weighted by atomic mass is 16.4. The predicted molar refractivity (Wildman–Crippen MR) is 56.4 cm³/mol. The highest BCUT2D eigenvalue weighted by Crippen LogP contribution is 2.22. The van der Waals surface area contributed by atoms with Gasteiger partial charge in [0.05, 0.1) is 0 Å². The number of carbonyl (C=O) groups is 1. The van der Waals surface area contributed by atoms with E-state index in [1.807, 2.05) is 0 Å². The number of rotatable bonds is 5. The van der Waals surface area contributed by atoms with E-state index >= 15 is 0 Å². The first-order valence-corrected chi connectivity index (χ1v) is 5.43. The van der Waals surface area contributed by atoms with Gasteiger partial charge in [-0.15, -0.1) is 0 Å². The second-order valence-corrected chi connectivity index (χ2v) is 4.08. The summed E-state index contributed by atoms with van der Waals surface area (Å²) in [5, 5.41) is 29.3. The summed E-state index contributed by atoms with van der Waals surface area (Å²) in [5.74, 6) is -0.681. The first-order chi connectivity index (χ1) is 7.11. The van der Waals surface area contributed by atoms with Crippen molar-refractivity contribution in [2.45, 2.75) is 38.0 Å². The van der Waals surface area contributed by atoms with Gasteiger partial charge in [0.1, 0.15) is 6.04 Å². The van der Waals surface area contributed by atoms with Crippen molar-refractivity contribution >= 4 is 13.1 Å². The molecule has 0 amide bonds. The molecule has 0 saturated carbocycles. The first kappa shape index (κ1) is 12.5. The molecule has 86 valence electrons. The third-order valence-corrected chi connectivity index (χ3v) is 2.89. The summed E-state index contributed by atoms with van der Waals surface area (Å²) in [6.07, 6.45) is 3.62. The van der Waals surface area contributed by atoms with Gasteiger partial charge in [0.25, 0.3) is 0 Å². The van der Waals surface area contributed by atoms with Gasteiger partial charge in [0.2, 0.25) is 0 Å². The van der Waals surface area contributed by atoms with Gasteiger partial charge in [-0.1, -0.05) is 6.42 Å². The molecule has 1 aliphatic heterocycles. The van der Waals surface area contributed by atoms with Crippen molar-refractivity contribution < 1.29 is 19.9 Å². The maximum atomic E-state index is 10.9. The summed E-state index contributed by atoms with van der Waals surface area (Å²) in [6.45, 7) is 0.760. The van der Waals surface area contributed by atoms with Crippen LogP contribution in [0, 0.1) is 5.92 Å². The van der Waals surface area contributed by atoms with Crippen LogP contribution in [0.1, 0.15) is 25.7 Å². The molecule has 5 nitrogen and oxygen atoms in total. The molecule has 0 aliphatic carbocycles. The maximum Gasteiger partial charge on any atom is 0.451 e. The van der Waals surface area contributed by atoms with Gasteiger partial charge in [-0.3, -0.25) is 4.79 Å². The minimum atomic E-state index is -1.27. The lowest BCUT2D eigenvalue weighted by Crippen LogP contribution is -2.46. The molecule has 0 spiro atoms. The van der Waals surface area contributed by atoms with Crippen molar-refractivity contribution in [3.05, 3.63) is 0 Å². The number of piperidine rings is 1. The van der Waals surface area contributed by atoms with Gasteiger partial charge in [-0.25, -0.2) is 0 Å². The minimum Gasteiger partial charge on any atom is -0.480 e. The van der Waals surface area contributed by atoms with Gasteiger partial charge in [0, 0.05) is 0 Å². The highest BCUT2D eigenvalue weighted by molar-refractivity contribution is 6.40. The molecule has 1 aliphatic rings. The number of carboxylic acids is 1. The van der Waals surface area contributed by atoms with Gasteiger partial charge in [-0.2, -0.15) is 0 Å². The van der Waals surface area contributed by atoms with Crippen molar-refractivity contribution in [3.63, 3.8) is 0 Å². The van der Waals surface area contributed by atoms with Crippen LogP contribution in [0.3, 0.4) is 0 Å². The summed E-state index contributed by atoms with van der Waals surface area (Å²) < 4.78 is 0. The van der Waals surface area contributed by atoms with Crippen LogP contribution in [0.25, 0.3) is 0 Å². The molecule has 1 heterocycles. The first-order valence-electron chi connectivity index (χ1n) is 5.43. The fraction of sp³-hybridized carbons (Fsp3) is 0.889. The van der Waals surface area contributed by atoms with Gasteiger partial charge in [-0.05, 0) is 38.0 Å². The van der Waals surface area contributed by atoms with E-state index in [0.717, 1.165) is 25.8 Å². The van der Waals surface area contributed by atoms with E-state index in [1.165, 1.54) is 0 Å². The van der Waals surface area contributed by atoms with Crippen LogP contribution in [-0.4, -0.2) is 40.8 Å². The number of hydrogen-bond donors (Lipinski definition) is 4. The van der Waals surface area contributed by atoms with Crippen LogP contribution in [-0.2, 0) is 4.79 Å². The number of aliphatic carboxylic acids is 1. The Kier molecular flexibility index (Phi) is 5.07. The molecule has 0 radical (unpaired) electrons. The second-order valence-electron chi connectivity index (χ2n) is 4.08. The van der Waals surface area contributed by atoms with Crippen molar-refractivity contribution in [3.8, 4) is 0 Å². The van der Waals surface area contributed by atoms with E-state index in [9.17, 15) is 4.79 Å². The molecule has 15 heavy (non-hydrogen) atoms.